The van der Waals surface area contributed by atoms with Crippen LogP contribution in [0.4, 0.5) is 15.0 Å². The van der Waals surface area contributed by atoms with Gasteiger partial charge in [-0.3, -0.25) is 4.79 Å². The zero-order chi connectivity index (χ0) is 25.3. The number of amides is 1. The van der Waals surface area contributed by atoms with Crippen LogP contribution in [0.2, 0.25) is 0 Å². The van der Waals surface area contributed by atoms with E-state index in [0.717, 1.165) is 12.3 Å². The third kappa shape index (κ3) is 5.10. The van der Waals surface area contributed by atoms with Crippen LogP contribution in [0.15, 0.2) is 35.5 Å². The molecule has 1 amide bonds. The van der Waals surface area contributed by atoms with Crippen molar-refractivity contribution in [3.63, 3.8) is 0 Å². The number of carbonyl (C=O) groups excluding carboxylic acids is 2. The zero-order valence-electron chi connectivity index (χ0n) is 19.9. The third-order valence-corrected chi connectivity index (χ3v) is 5.43. The summed E-state index contributed by atoms with van der Waals surface area (Å²) in [5, 5.41) is 4.14. The van der Waals surface area contributed by atoms with Crippen LogP contribution in [0, 0.1) is 5.82 Å². The number of nitrogens with one attached hydrogen (secondary N) is 1. The van der Waals surface area contributed by atoms with Gasteiger partial charge in [0.1, 0.15) is 22.8 Å². The number of anilines is 1. The molecule has 1 fully saturated rings. The van der Waals surface area contributed by atoms with E-state index in [1.807, 2.05) is 0 Å². The van der Waals surface area contributed by atoms with Crippen LogP contribution in [-0.4, -0.2) is 68.4 Å². The molecule has 11 nitrogen and oxygen atoms in total. The molecule has 35 heavy (non-hydrogen) atoms. The molecular weight excluding hydrogens is 459 g/mol. The molecule has 3 aromatic rings. The third-order valence-electron chi connectivity index (χ3n) is 5.43. The highest BCUT2D eigenvalue weighted by Crippen LogP contribution is 2.30. The van der Waals surface area contributed by atoms with Gasteiger partial charge in [-0.25, -0.2) is 23.5 Å². The lowest BCUT2D eigenvalue weighted by atomic mass is 10.0. The molecule has 12 heteroatoms. The van der Waals surface area contributed by atoms with Crippen molar-refractivity contribution in [2.75, 3.05) is 31.1 Å². The zero-order valence-corrected chi connectivity index (χ0v) is 19.9. The van der Waals surface area contributed by atoms with Gasteiger partial charge in [0, 0.05) is 37.6 Å². The van der Waals surface area contributed by atoms with Crippen LogP contribution < -0.4 is 10.5 Å². The van der Waals surface area contributed by atoms with Crippen molar-refractivity contribution in [3.8, 4) is 0 Å². The van der Waals surface area contributed by atoms with Gasteiger partial charge in [-0.15, -0.1) is 0 Å². The highest BCUT2D eigenvalue weighted by molar-refractivity contribution is 5.95. The average molecular weight is 487 g/mol. The number of hydrogen-bond donors (Lipinski definition) is 1. The highest BCUT2D eigenvalue weighted by Gasteiger charge is 2.35. The Bertz CT molecular complexity index is 1310. The predicted octanol–water partition coefficient (Wildman–Crippen LogP) is 2.53. The van der Waals surface area contributed by atoms with E-state index in [2.05, 4.69) is 15.1 Å². The first-order valence-electron chi connectivity index (χ1n) is 11.2. The van der Waals surface area contributed by atoms with E-state index in [-0.39, 0.29) is 43.0 Å². The first-order chi connectivity index (χ1) is 16.6. The molecule has 0 aliphatic carbocycles. The van der Waals surface area contributed by atoms with E-state index in [1.165, 1.54) is 15.6 Å². The maximum absolute atomic E-state index is 14.1. The Hall–Kier alpha value is -3.96. The molecule has 1 unspecified atom stereocenters. The van der Waals surface area contributed by atoms with Gasteiger partial charge in [-0.05, 0) is 39.8 Å². The summed E-state index contributed by atoms with van der Waals surface area (Å²) in [5.41, 5.74) is -0.564. The molecule has 0 radical (unpaired) electrons. The van der Waals surface area contributed by atoms with Crippen LogP contribution in [-0.2, 0) is 9.47 Å². The molecule has 0 spiro atoms. The number of rotatable bonds is 4. The van der Waals surface area contributed by atoms with Crippen LogP contribution in [0.5, 0.6) is 0 Å². The molecule has 1 N–H and O–H groups in total. The molecule has 4 heterocycles. The molecule has 1 atom stereocenters. The number of aromatic nitrogens is 4. The van der Waals surface area contributed by atoms with Gasteiger partial charge in [-0.2, -0.15) is 5.10 Å². The minimum Gasteiger partial charge on any atom is -0.462 e. The van der Waals surface area contributed by atoms with Crippen LogP contribution in [0.1, 0.15) is 49.7 Å². The fourth-order valence-corrected chi connectivity index (χ4v) is 3.91. The van der Waals surface area contributed by atoms with Gasteiger partial charge in [-0.1, -0.05) is 0 Å². The van der Waals surface area contributed by atoms with E-state index >= 15 is 0 Å². The van der Waals surface area contributed by atoms with Gasteiger partial charge in [0.25, 0.3) is 5.56 Å². The second-order valence-corrected chi connectivity index (χ2v) is 9.07. The molecule has 4 rings (SSSR count). The number of fused-ring (bicyclic) bond motifs is 1. The summed E-state index contributed by atoms with van der Waals surface area (Å²) >= 11 is 0. The predicted molar refractivity (Wildman–Crippen MR) is 124 cm³/mol. The lowest BCUT2D eigenvalue weighted by Crippen LogP contribution is -2.53. The highest BCUT2D eigenvalue weighted by atomic mass is 19.1. The number of ether oxygens (including phenoxy) is 2. The van der Waals surface area contributed by atoms with Crippen molar-refractivity contribution >= 4 is 23.5 Å². The topological polar surface area (TPSA) is 122 Å². The fraction of sp³-hybridized carbons (Fsp3) is 0.435. The summed E-state index contributed by atoms with van der Waals surface area (Å²) in [4.78, 5) is 48.0. The van der Waals surface area contributed by atoms with Crippen molar-refractivity contribution in [2.24, 2.45) is 0 Å². The Labute approximate surface area is 200 Å². The van der Waals surface area contributed by atoms with Crippen molar-refractivity contribution in [1.82, 2.24) is 24.5 Å². The molecule has 0 bridgehead atoms. The SMILES string of the molecule is CCOC(=O)c1cnn2ccc(N3CCN(C(=O)OC(C)(C)C)CC3c3cc(F)c[nH]c3=O)nc12. The van der Waals surface area contributed by atoms with E-state index in [0.29, 0.717) is 5.82 Å². The molecule has 1 aliphatic rings. The first-order valence-corrected chi connectivity index (χ1v) is 11.2. The fourth-order valence-electron chi connectivity index (χ4n) is 3.91. The van der Waals surface area contributed by atoms with Crippen molar-refractivity contribution in [3.05, 3.63) is 58.0 Å². The first kappa shape index (κ1) is 24.2. The van der Waals surface area contributed by atoms with E-state index in [1.54, 1.807) is 44.9 Å². The van der Waals surface area contributed by atoms with Gasteiger partial charge in [0.15, 0.2) is 5.65 Å². The summed E-state index contributed by atoms with van der Waals surface area (Å²) in [6.07, 6.45) is 3.46. The maximum atomic E-state index is 14.1. The van der Waals surface area contributed by atoms with Crippen LogP contribution in [0.3, 0.4) is 0 Å². The lowest BCUT2D eigenvalue weighted by Gasteiger charge is -2.42. The number of esters is 1. The summed E-state index contributed by atoms with van der Waals surface area (Å²) in [7, 11) is 0. The number of nitrogens with zero attached hydrogens (tertiary/aromatic N) is 5. The smallest absolute Gasteiger partial charge is 0.410 e. The summed E-state index contributed by atoms with van der Waals surface area (Å²) in [6.45, 7) is 7.84. The van der Waals surface area contributed by atoms with Gasteiger partial charge >= 0.3 is 12.1 Å². The Kier molecular flexibility index (Phi) is 6.46. The largest absolute Gasteiger partial charge is 0.462 e. The van der Waals surface area contributed by atoms with Crippen molar-refractivity contribution in [2.45, 2.75) is 39.3 Å². The number of halogens is 1. The minimum absolute atomic E-state index is 0.0678. The van der Waals surface area contributed by atoms with Crippen LogP contribution in [0.25, 0.3) is 5.65 Å². The molecular formula is C23H27FN6O5. The Balaban J connectivity index is 1.74. The van der Waals surface area contributed by atoms with Gasteiger partial charge in [0.2, 0.25) is 0 Å². The van der Waals surface area contributed by atoms with E-state index in [4.69, 9.17) is 9.47 Å². The van der Waals surface area contributed by atoms with E-state index in [9.17, 15) is 18.8 Å². The number of carbonyl (C=O) groups is 2. The number of hydrogen-bond acceptors (Lipinski definition) is 8. The number of aromatic amines is 1. The molecule has 1 aliphatic heterocycles. The number of pyridine rings is 1. The minimum atomic E-state index is -0.723. The second kappa shape index (κ2) is 9.35. The normalized spacial score (nSPS) is 16.4. The lowest BCUT2D eigenvalue weighted by molar-refractivity contribution is 0.0213. The molecule has 3 aromatic heterocycles. The van der Waals surface area contributed by atoms with E-state index < -0.39 is 35.1 Å². The second-order valence-electron chi connectivity index (χ2n) is 9.07. The number of H-pyrrole nitrogens is 1. The Morgan fingerprint density at radius 3 is 2.77 bits per heavy atom. The average Bonchev–Trinajstić information content (AvgIpc) is 3.23. The van der Waals surface area contributed by atoms with Crippen molar-refractivity contribution in [1.29, 1.82) is 0 Å². The summed E-state index contributed by atoms with van der Waals surface area (Å²) in [6, 6.07) is 2.11. The standard InChI is InChI=1S/C23H27FN6O5/c1-5-34-21(32)16-12-26-30-7-6-18(27-19(16)30)29-9-8-28(22(33)35-23(2,3)4)13-17(29)15-10-14(24)11-25-20(15)31/h6-7,10-12,17H,5,8-9,13H2,1-4H3,(H,25,31). The number of piperazine rings is 1. The monoisotopic (exact) mass is 486 g/mol. The van der Waals surface area contributed by atoms with Crippen LogP contribution >= 0.6 is 0 Å². The molecule has 0 saturated carbocycles. The summed E-state index contributed by atoms with van der Waals surface area (Å²) < 4.78 is 26.1. The molecule has 1 saturated heterocycles. The molecule has 186 valence electrons. The maximum Gasteiger partial charge on any atom is 0.410 e. The van der Waals surface area contributed by atoms with Gasteiger partial charge in [0.05, 0.1) is 18.8 Å². The van der Waals surface area contributed by atoms with Crippen molar-refractivity contribution < 1.29 is 23.5 Å². The summed E-state index contributed by atoms with van der Waals surface area (Å²) in [5.74, 6) is -0.737. The Morgan fingerprint density at radius 2 is 2.06 bits per heavy atom. The van der Waals surface area contributed by atoms with Gasteiger partial charge < -0.3 is 24.3 Å². The molecule has 0 aromatic carbocycles. The quantitative estimate of drug-likeness (QED) is 0.559. The Morgan fingerprint density at radius 1 is 1.29 bits per heavy atom.